The van der Waals surface area contributed by atoms with Crippen LogP contribution in [0.4, 0.5) is 5.69 Å². The number of nitrogens with zero attached hydrogens (tertiary/aromatic N) is 2. The lowest BCUT2D eigenvalue weighted by Gasteiger charge is -2.11. The first-order valence-electron chi connectivity index (χ1n) is 7.94. The third kappa shape index (κ3) is 5.94. The van der Waals surface area contributed by atoms with Gasteiger partial charge >= 0.3 is 5.97 Å². The van der Waals surface area contributed by atoms with Crippen LogP contribution >= 0.6 is 15.9 Å². The summed E-state index contributed by atoms with van der Waals surface area (Å²) in [5.74, 6) is 0.0184. The number of anilines is 1. The molecule has 0 amide bonds. The van der Waals surface area contributed by atoms with Crippen molar-refractivity contribution in [1.29, 1.82) is 5.26 Å². The average Bonchev–Trinajstić information content (AvgIpc) is 2.65. The molecule has 0 fully saturated rings. The summed E-state index contributed by atoms with van der Waals surface area (Å²) in [5, 5.41) is 9.20. The highest BCUT2D eigenvalue weighted by Gasteiger charge is 2.11. The molecule has 134 valence electrons. The van der Waals surface area contributed by atoms with Gasteiger partial charge in [0.2, 0.25) is 0 Å². The number of esters is 1. The second-order valence-electron chi connectivity index (χ2n) is 5.59. The summed E-state index contributed by atoms with van der Waals surface area (Å²) in [5.41, 5.74) is 1.75. The first-order valence-corrected chi connectivity index (χ1v) is 8.73. The number of nitriles is 1. The van der Waals surface area contributed by atoms with E-state index in [1.54, 1.807) is 0 Å². The third-order valence-corrected chi connectivity index (χ3v) is 3.99. The van der Waals surface area contributed by atoms with E-state index in [0.29, 0.717) is 5.75 Å². The normalized spacial score (nSPS) is 10.8. The van der Waals surface area contributed by atoms with E-state index in [1.807, 2.05) is 73.6 Å². The van der Waals surface area contributed by atoms with Crippen LogP contribution in [-0.2, 0) is 9.53 Å². The van der Waals surface area contributed by atoms with Crippen molar-refractivity contribution >= 4 is 33.7 Å². The topological polar surface area (TPSA) is 62.6 Å². The summed E-state index contributed by atoms with van der Waals surface area (Å²) in [4.78, 5) is 14.0. The van der Waals surface area contributed by atoms with Gasteiger partial charge in [-0.3, -0.25) is 0 Å². The van der Waals surface area contributed by atoms with Crippen LogP contribution in [0, 0.1) is 11.3 Å². The Kier molecular flexibility index (Phi) is 7.24. The van der Waals surface area contributed by atoms with Crippen molar-refractivity contribution in [3.05, 3.63) is 64.1 Å². The van der Waals surface area contributed by atoms with Crippen molar-refractivity contribution in [3.8, 4) is 11.8 Å². The molecule has 0 aliphatic heterocycles. The molecule has 0 aromatic heterocycles. The van der Waals surface area contributed by atoms with Gasteiger partial charge in [0.05, 0.1) is 0 Å². The standard InChI is InChI=1S/C20H19BrN2O3/c1-23(2)18-7-3-15(4-8-18)13-16(14-22)20(24)26-12-11-25-19-9-5-17(21)6-10-19/h3-10,13H,11-12H2,1-2H3/b16-13+. The molecule has 0 aliphatic carbocycles. The maximum atomic E-state index is 12.0. The highest BCUT2D eigenvalue weighted by atomic mass is 79.9. The lowest BCUT2D eigenvalue weighted by molar-refractivity contribution is -0.139. The fraction of sp³-hybridized carbons (Fsp3) is 0.200. The summed E-state index contributed by atoms with van der Waals surface area (Å²) < 4.78 is 11.5. The molecule has 0 heterocycles. The van der Waals surface area contributed by atoms with Gasteiger partial charge in [-0.05, 0) is 48.0 Å². The Balaban J connectivity index is 1.87. The zero-order valence-corrected chi connectivity index (χ0v) is 16.2. The summed E-state index contributed by atoms with van der Waals surface area (Å²) in [6.07, 6.45) is 1.51. The average molecular weight is 415 g/mol. The van der Waals surface area contributed by atoms with E-state index < -0.39 is 5.97 Å². The number of hydrogen-bond donors (Lipinski definition) is 0. The van der Waals surface area contributed by atoms with E-state index in [4.69, 9.17) is 9.47 Å². The second kappa shape index (κ2) is 9.64. The third-order valence-electron chi connectivity index (χ3n) is 3.46. The van der Waals surface area contributed by atoms with Crippen LogP contribution in [0.3, 0.4) is 0 Å². The molecule has 0 spiro atoms. The Bertz CT molecular complexity index is 806. The van der Waals surface area contributed by atoms with Crippen molar-refractivity contribution in [3.63, 3.8) is 0 Å². The van der Waals surface area contributed by atoms with Crippen LogP contribution in [0.5, 0.6) is 5.75 Å². The quantitative estimate of drug-likeness (QED) is 0.296. The van der Waals surface area contributed by atoms with Gasteiger partial charge in [0, 0.05) is 24.3 Å². The van der Waals surface area contributed by atoms with Crippen molar-refractivity contribution in [2.45, 2.75) is 0 Å². The fourth-order valence-electron chi connectivity index (χ4n) is 2.07. The van der Waals surface area contributed by atoms with E-state index in [0.717, 1.165) is 15.7 Å². The number of halogens is 1. The minimum absolute atomic E-state index is 0.0498. The molecule has 0 N–H and O–H groups in total. The van der Waals surface area contributed by atoms with Gasteiger partial charge in [-0.1, -0.05) is 28.1 Å². The summed E-state index contributed by atoms with van der Waals surface area (Å²) in [7, 11) is 3.89. The van der Waals surface area contributed by atoms with Crippen LogP contribution in [0.15, 0.2) is 58.6 Å². The van der Waals surface area contributed by atoms with Crippen LogP contribution in [0.1, 0.15) is 5.56 Å². The molecule has 0 bridgehead atoms. The number of benzene rings is 2. The number of ether oxygens (including phenoxy) is 2. The molecule has 0 atom stereocenters. The zero-order valence-electron chi connectivity index (χ0n) is 14.6. The summed E-state index contributed by atoms with van der Waals surface area (Å²) in [6.45, 7) is 0.275. The van der Waals surface area contributed by atoms with Gasteiger partial charge < -0.3 is 14.4 Å². The second-order valence-corrected chi connectivity index (χ2v) is 6.51. The molecule has 0 saturated heterocycles. The molecule has 2 rings (SSSR count). The predicted octanol–water partition coefficient (Wildman–Crippen LogP) is 4.04. The van der Waals surface area contributed by atoms with Gasteiger partial charge in [-0.15, -0.1) is 0 Å². The first kappa shape index (κ1) is 19.5. The number of hydrogen-bond acceptors (Lipinski definition) is 5. The monoisotopic (exact) mass is 414 g/mol. The van der Waals surface area contributed by atoms with Gasteiger partial charge in [-0.25, -0.2) is 4.79 Å². The van der Waals surface area contributed by atoms with Crippen molar-refractivity contribution in [2.24, 2.45) is 0 Å². The van der Waals surface area contributed by atoms with E-state index in [2.05, 4.69) is 15.9 Å². The maximum Gasteiger partial charge on any atom is 0.349 e. The Hall–Kier alpha value is -2.78. The van der Waals surface area contributed by atoms with Crippen LogP contribution < -0.4 is 9.64 Å². The number of carbonyl (C=O) groups is 1. The highest BCUT2D eigenvalue weighted by molar-refractivity contribution is 9.10. The molecule has 0 saturated carbocycles. The molecule has 5 nitrogen and oxygen atoms in total. The predicted molar refractivity (Wildman–Crippen MR) is 105 cm³/mol. The molecule has 0 aliphatic rings. The minimum Gasteiger partial charge on any atom is -0.490 e. The van der Waals surface area contributed by atoms with E-state index >= 15 is 0 Å². The minimum atomic E-state index is -0.663. The lowest BCUT2D eigenvalue weighted by Crippen LogP contribution is -2.13. The number of carbonyl (C=O) groups excluding carboxylic acids is 1. The lowest BCUT2D eigenvalue weighted by atomic mass is 10.1. The Morgan fingerprint density at radius 1 is 1.12 bits per heavy atom. The molecule has 6 heteroatoms. The first-order chi connectivity index (χ1) is 12.5. The molecule has 2 aromatic carbocycles. The molecule has 26 heavy (non-hydrogen) atoms. The van der Waals surface area contributed by atoms with Gasteiger partial charge in [0.25, 0.3) is 0 Å². The maximum absolute atomic E-state index is 12.0. The molecule has 0 radical (unpaired) electrons. The van der Waals surface area contributed by atoms with Gasteiger partial charge in [0.15, 0.2) is 0 Å². The molecule has 0 unspecified atom stereocenters. The van der Waals surface area contributed by atoms with Crippen molar-refractivity contribution in [1.82, 2.24) is 0 Å². The summed E-state index contributed by atoms with van der Waals surface area (Å²) in [6, 6.07) is 16.7. The van der Waals surface area contributed by atoms with E-state index in [1.165, 1.54) is 6.08 Å². The van der Waals surface area contributed by atoms with E-state index in [-0.39, 0.29) is 18.8 Å². The van der Waals surface area contributed by atoms with Crippen LogP contribution in [-0.4, -0.2) is 33.3 Å². The number of rotatable bonds is 7. The Morgan fingerprint density at radius 2 is 1.77 bits per heavy atom. The molecule has 2 aromatic rings. The highest BCUT2D eigenvalue weighted by Crippen LogP contribution is 2.16. The largest absolute Gasteiger partial charge is 0.490 e. The SMILES string of the molecule is CN(C)c1ccc(/C=C(\C#N)C(=O)OCCOc2ccc(Br)cc2)cc1. The van der Waals surface area contributed by atoms with Crippen LogP contribution in [0.2, 0.25) is 0 Å². The molecular weight excluding hydrogens is 396 g/mol. The van der Waals surface area contributed by atoms with E-state index in [9.17, 15) is 10.1 Å². The Labute approximate surface area is 161 Å². The van der Waals surface area contributed by atoms with Crippen molar-refractivity contribution < 1.29 is 14.3 Å². The fourth-order valence-corrected chi connectivity index (χ4v) is 2.34. The van der Waals surface area contributed by atoms with Crippen molar-refractivity contribution in [2.75, 3.05) is 32.2 Å². The smallest absolute Gasteiger partial charge is 0.349 e. The van der Waals surface area contributed by atoms with Gasteiger partial charge in [-0.2, -0.15) is 5.26 Å². The molecular formula is C20H19BrN2O3. The van der Waals surface area contributed by atoms with Crippen LogP contribution in [0.25, 0.3) is 6.08 Å². The Morgan fingerprint density at radius 3 is 2.35 bits per heavy atom. The van der Waals surface area contributed by atoms with Gasteiger partial charge in [0.1, 0.15) is 30.6 Å². The zero-order chi connectivity index (χ0) is 18.9. The summed E-state index contributed by atoms with van der Waals surface area (Å²) >= 11 is 3.34.